The van der Waals surface area contributed by atoms with E-state index in [4.69, 9.17) is 0 Å². The molecular formula is C10H16N2O2S2. The van der Waals surface area contributed by atoms with Crippen LogP contribution in [-0.4, -0.2) is 42.4 Å². The molecule has 4 nitrogen and oxygen atoms in total. The highest BCUT2D eigenvalue weighted by molar-refractivity contribution is 7.91. The van der Waals surface area contributed by atoms with Crippen molar-refractivity contribution in [2.24, 2.45) is 0 Å². The van der Waals surface area contributed by atoms with Crippen molar-refractivity contribution >= 4 is 21.2 Å². The Labute approximate surface area is 100 Å². The summed E-state index contributed by atoms with van der Waals surface area (Å²) in [6.45, 7) is 3.70. The summed E-state index contributed by atoms with van der Waals surface area (Å²) in [5.41, 5.74) is 2.85. The molecule has 0 amide bonds. The second-order valence-corrected chi connectivity index (χ2v) is 7.05. The fraction of sp³-hybridized carbons (Fsp3) is 0.700. The average Bonchev–Trinajstić information content (AvgIpc) is 2.83. The Bertz CT molecular complexity index is 428. The largest absolute Gasteiger partial charge is 0.294 e. The highest BCUT2D eigenvalue weighted by Gasteiger charge is 2.31. The smallest absolute Gasteiger partial charge is 0.151 e. The zero-order chi connectivity index (χ0) is 11.6. The number of sulfone groups is 1. The Morgan fingerprint density at radius 2 is 2.44 bits per heavy atom. The lowest BCUT2D eigenvalue weighted by molar-refractivity contribution is 0.213. The topological polar surface area (TPSA) is 50.3 Å². The molecule has 1 aromatic rings. The average molecular weight is 260 g/mol. The minimum atomic E-state index is -2.79. The number of hydrogen-bond acceptors (Lipinski definition) is 5. The van der Waals surface area contributed by atoms with E-state index in [9.17, 15) is 8.42 Å². The quantitative estimate of drug-likeness (QED) is 0.815. The molecule has 0 saturated carbocycles. The van der Waals surface area contributed by atoms with Crippen LogP contribution in [0.1, 0.15) is 19.0 Å². The summed E-state index contributed by atoms with van der Waals surface area (Å²) in [5, 5.41) is 2.02. The summed E-state index contributed by atoms with van der Waals surface area (Å²) in [4.78, 5) is 6.45. The third kappa shape index (κ3) is 2.81. The van der Waals surface area contributed by atoms with Crippen molar-refractivity contribution in [3.63, 3.8) is 0 Å². The van der Waals surface area contributed by atoms with Gasteiger partial charge in [-0.25, -0.2) is 13.4 Å². The predicted octanol–water partition coefficient (Wildman–Crippen LogP) is 1.15. The molecule has 1 aromatic heterocycles. The van der Waals surface area contributed by atoms with Crippen LogP contribution in [0.15, 0.2) is 10.9 Å². The van der Waals surface area contributed by atoms with Crippen LogP contribution in [0.2, 0.25) is 0 Å². The van der Waals surface area contributed by atoms with E-state index in [-0.39, 0.29) is 6.04 Å². The van der Waals surface area contributed by atoms with Crippen LogP contribution in [0.25, 0.3) is 0 Å². The molecule has 1 atom stereocenters. The monoisotopic (exact) mass is 260 g/mol. The second-order valence-electron chi connectivity index (χ2n) is 4.10. The zero-order valence-electron chi connectivity index (χ0n) is 9.30. The lowest BCUT2D eigenvalue weighted by Crippen LogP contribution is -2.35. The molecule has 2 rings (SSSR count). The SMILES string of the molecule is CCN(Cc1cscn1)C1CCS(=O)(=O)C1. The maximum atomic E-state index is 11.4. The Balaban J connectivity index is 2.01. The van der Waals surface area contributed by atoms with Crippen LogP contribution in [0, 0.1) is 0 Å². The minimum Gasteiger partial charge on any atom is -0.294 e. The Morgan fingerprint density at radius 3 is 2.94 bits per heavy atom. The zero-order valence-corrected chi connectivity index (χ0v) is 10.9. The van der Waals surface area contributed by atoms with Crippen molar-refractivity contribution < 1.29 is 8.42 Å². The fourth-order valence-corrected chi connectivity index (χ4v) is 4.40. The van der Waals surface area contributed by atoms with Crippen LogP contribution in [0.5, 0.6) is 0 Å². The van der Waals surface area contributed by atoms with Gasteiger partial charge >= 0.3 is 0 Å². The van der Waals surface area contributed by atoms with E-state index >= 15 is 0 Å². The fourth-order valence-electron chi connectivity index (χ4n) is 2.09. The van der Waals surface area contributed by atoms with Crippen LogP contribution in [-0.2, 0) is 16.4 Å². The predicted molar refractivity (Wildman–Crippen MR) is 65.3 cm³/mol. The van der Waals surface area contributed by atoms with Crippen molar-refractivity contribution in [1.82, 2.24) is 9.88 Å². The van der Waals surface area contributed by atoms with E-state index in [1.165, 1.54) is 0 Å². The van der Waals surface area contributed by atoms with Gasteiger partial charge in [-0.3, -0.25) is 4.90 Å². The van der Waals surface area contributed by atoms with Crippen molar-refractivity contribution in [2.45, 2.75) is 25.9 Å². The van der Waals surface area contributed by atoms with Gasteiger partial charge < -0.3 is 0 Å². The second kappa shape index (κ2) is 4.81. The Hall–Kier alpha value is -0.460. The van der Waals surface area contributed by atoms with Crippen LogP contribution >= 0.6 is 11.3 Å². The highest BCUT2D eigenvalue weighted by atomic mass is 32.2. The number of thiazole rings is 1. The van der Waals surface area contributed by atoms with Gasteiger partial charge in [-0.05, 0) is 13.0 Å². The molecule has 0 N–H and O–H groups in total. The standard InChI is InChI=1S/C10H16N2O2S2/c1-2-12(5-9-6-15-8-11-9)10-3-4-16(13,14)7-10/h6,8,10H,2-5,7H2,1H3. The minimum absolute atomic E-state index is 0.177. The first-order valence-electron chi connectivity index (χ1n) is 5.42. The summed E-state index contributed by atoms with van der Waals surface area (Å²) in [6, 6.07) is 0.177. The van der Waals surface area contributed by atoms with E-state index in [2.05, 4.69) is 16.8 Å². The summed E-state index contributed by atoms with van der Waals surface area (Å²) in [6.07, 6.45) is 0.764. The maximum absolute atomic E-state index is 11.4. The lowest BCUT2D eigenvalue weighted by atomic mass is 10.2. The van der Waals surface area contributed by atoms with E-state index in [1.807, 2.05) is 10.9 Å². The number of aromatic nitrogens is 1. The molecule has 2 heterocycles. The number of hydrogen-bond donors (Lipinski definition) is 0. The summed E-state index contributed by atoms with van der Waals surface area (Å²) in [7, 11) is -2.79. The van der Waals surface area contributed by atoms with Gasteiger partial charge in [0.15, 0.2) is 9.84 Å². The number of nitrogens with zero attached hydrogens (tertiary/aromatic N) is 2. The van der Waals surface area contributed by atoms with Gasteiger partial charge in [0.05, 0.1) is 22.7 Å². The first-order valence-corrected chi connectivity index (χ1v) is 8.18. The molecule has 0 aromatic carbocycles. The van der Waals surface area contributed by atoms with Gasteiger partial charge in [0.1, 0.15) is 0 Å². The molecule has 1 aliphatic heterocycles. The molecule has 0 spiro atoms. The molecule has 0 radical (unpaired) electrons. The molecule has 0 aliphatic carbocycles. The van der Waals surface area contributed by atoms with Gasteiger partial charge in [0.25, 0.3) is 0 Å². The normalized spacial score (nSPS) is 24.0. The maximum Gasteiger partial charge on any atom is 0.151 e. The van der Waals surface area contributed by atoms with Gasteiger partial charge in [-0.2, -0.15) is 0 Å². The van der Waals surface area contributed by atoms with Gasteiger partial charge in [-0.15, -0.1) is 11.3 Å². The Kier molecular flexibility index (Phi) is 3.61. The molecule has 1 unspecified atom stereocenters. The first-order chi connectivity index (χ1) is 7.61. The van der Waals surface area contributed by atoms with Gasteiger partial charge in [0, 0.05) is 18.0 Å². The summed E-state index contributed by atoms with van der Waals surface area (Å²) in [5.74, 6) is 0.649. The summed E-state index contributed by atoms with van der Waals surface area (Å²) >= 11 is 1.58. The van der Waals surface area contributed by atoms with E-state index < -0.39 is 9.84 Å². The number of rotatable bonds is 4. The summed E-state index contributed by atoms with van der Waals surface area (Å²) < 4.78 is 22.8. The van der Waals surface area contributed by atoms with Gasteiger partial charge in [-0.1, -0.05) is 6.92 Å². The van der Waals surface area contributed by atoms with Crippen LogP contribution in [0.3, 0.4) is 0 Å². The third-order valence-electron chi connectivity index (χ3n) is 2.98. The lowest BCUT2D eigenvalue weighted by Gasteiger charge is -2.25. The molecule has 1 aliphatic rings. The van der Waals surface area contributed by atoms with Crippen molar-refractivity contribution in [2.75, 3.05) is 18.1 Å². The molecule has 1 fully saturated rings. The van der Waals surface area contributed by atoms with Crippen molar-refractivity contribution in [1.29, 1.82) is 0 Å². The van der Waals surface area contributed by atoms with Crippen LogP contribution in [0.4, 0.5) is 0 Å². The van der Waals surface area contributed by atoms with Gasteiger partial charge in [0.2, 0.25) is 0 Å². The third-order valence-corrected chi connectivity index (χ3v) is 5.37. The van der Waals surface area contributed by atoms with E-state index in [0.29, 0.717) is 11.5 Å². The van der Waals surface area contributed by atoms with E-state index in [1.54, 1.807) is 11.3 Å². The van der Waals surface area contributed by atoms with Crippen LogP contribution < -0.4 is 0 Å². The molecular weight excluding hydrogens is 244 g/mol. The molecule has 6 heteroatoms. The first kappa shape index (κ1) is 12.0. The van der Waals surface area contributed by atoms with Crippen molar-refractivity contribution in [3.8, 4) is 0 Å². The Morgan fingerprint density at radius 1 is 1.62 bits per heavy atom. The molecule has 16 heavy (non-hydrogen) atoms. The molecule has 0 bridgehead atoms. The molecule has 1 saturated heterocycles. The highest BCUT2D eigenvalue weighted by Crippen LogP contribution is 2.19. The van der Waals surface area contributed by atoms with E-state index in [0.717, 1.165) is 25.2 Å². The molecule has 90 valence electrons. The van der Waals surface area contributed by atoms with Crippen molar-refractivity contribution in [3.05, 3.63) is 16.6 Å².